The molecule has 15 heavy (non-hydrogen) atoms. The van der Waals surface area contributed by atoms with Gasteiger partial charge in [-0.2, -0.15) is 0 Å². The van der Waals surface area contributed by atoms with Crippen molar-refractivity contribution in [3.8, 4) is 0 Å². The van der Waals surface area contributed by atoms with Crippen LogP contribution in [-0.2, 0) is 16.6 Å². The molecule has 1 rings (SSSR count). The fourth-order valence-electron chi connectivity index (χ4n) is 1.06. The smallest absolute Gasteiger partial charge is 0.208 e. The number of sulfonamides is 1. The quantitative estimate of drug-likeness (QED) is 0.658. The molecule has 0 aromatic carbocycles. The van der Waals surface area contributed by atoms with Gasteiger partial charge >= 0.3 is 0 Å². The van der Waals surface area contributed by atoms with Gasteiger partial charge in [0.25, 0.3) is 0 Å². The van der Waals surface area contributed by atoms with Gasteiger partial charge in [-0.3, -0.25) is 4.98 Å². The molecule has 0 amide bonds. The van der Waals surface area contributed by atoms with E-state index in [-0.39, 0.29) is 0 Å². The van der Waals surface area contributed by atoms with Crippen LogP contribution in [0.2, 0.25) is 0 Å². The first-order valence-electron chi connectivity index (χ1n) is 4.62. The molecule has 1 aromatic rings. The van der Waals surface area contributed by atoms with Crippen molar-refractivity contribution in [1.82, 2.24) is 15.0 Å². The van der Waals surface area contributed by atoms with Crippen LogP contribution in [0, 0.1) is 0 Å². The zero-order valence-corrected chi connectivity index (χ0v) is 9.42. The van der Waals surface area contributed by atoms with Crippen molar-refractivity contribution in [2.75, 3.05) is 19.3 Å². The maximum Gasteiger partial charge on any atom is 0.208 e. The highest BCUT2D eigenvalue weighted by Crippen LogP contribution is 1.93. The van der Waals surface area contributed by atoms with Crippen LogP contribution < -0.4 is 10.0 Å². The van der Waals surface area contributed by atoms with Crippen LogP contribution in [0.5, 0.6) is 0 Å². The SMILES string of the molecule is CS(=O)(=O)NCCNCc1cccnc1. The lowest BCUT2D eigenvalue weighted by molar-refractivity contribution is 0.581. The van der Waals surface area contributed by atoms with Gasteiger partial charge in [0.2, 0.25) is 10.0 Å². The Morgan fingerprint density at radius 2 is 2.20 bits per heavy atom. The Morgan fingerprint density at radius 3 is 2.80 bits per heavy atom. The van der Waals surface area contributed by atoms with Crippen LogP contribution in [0.1, 0.15) is 5.56 Å². The van der Waals surface area contributed by atoms with Crippen LogP contribution in [0.4, 0.5) is 0 Å². The van der Waals surface area contributed by atoms with E-state index < -0.39 is 10.0 Å². The fourth-order valence-corrected chi connectivity index (χ4v) is 1.53. The number of hydrogen-bond acceptors (Lipinski definition) is 4. The summed E-state index contributed by atoms with van der Waals surface area (Å²) < 4.78 is 23.8. The minimum atomic E-state index is -3.07. The van der Waals surface area contributed by atoms with E-state index in [1.54, 1.807) is 12.4 Å². The van der Waals surface area contributed by atoms with Crippen molar-refractivity contribution >= 4 is 10.0 Å². The van der Waals surface area contributed by atoms with Crippen LogP contribution in [-0.4, -0.2) is 32.7 Å². The number of nitrogens with one attached hydrogen (secondary N) is 2. The number of pyridine rings is 1. The Morgan fingerprint density at radius 1 is 1.40 bits per heavy atom. The summed E-state index contributed by atoms with van der Waals surface area (Å²) in [6.45, 7) is 1.69. The van der Waals surface area contributed by atoms with E-state index in [0.29, 0.717) is 19.6 Å². The molecule has 0 saturated carbocycles. The van der Waals surface area contributed by atoms with Gasteiger partial charge in [-0.05, 0) is 11.6 Å². The van der Waals surface area contributed by atoms with Crippen molar-refractivity contribution in [1.29, 1.82) is 0 Å². The molecule has 0 atom stereocenters. The molecule has 1 heterocycles. The summed E-state index contributed by atoms with van der Waals surface area (Å²) in [5.41, 5.74) is 1.08. The summed E-state index contributed by atoms with van der Waals surface area (Å²) in [6.07, 6.45) is 4.64. The standard InChI is InChI=1S/C9H15N3O2S/c1-15(13,14)12-6-5-11-8-9-3-2-4-10-7-9/h2-4,7,11-12H,5-6,8H2,1H3. The third-order valence-electron chi connectivity index (χ3n) is 1.72. The summed E-state index contributed by atoms with van der Waals surface area (Å²) >= 11 is 0. The van der Waals surface area contributed by atoms with E-state index in [0.717, 1.165) is 11.8 Å². The van der Waals surface area contributed by atoms with E-state index in [4.69, 9.17) is 0 Å². The highest BCUT2D eigenvalue weighted by atomic mass is 32.2. The number of rotatable bonds is 6. The van der Waals surface area contributed by atoms with Crippen LogP contribution in [0.3, 0.4) is 0 Å². The highest BCUT2D eigenvalue weighted by Gasteiger charge is 1.98. The predicted molar refractivity (Wildman–Crippen MR) is 58.8 cm³/mol. The second-order valence-electron chi connectivity index (χ2n) is 3.20. The molecule has 0 saturated heterocycles. The molecule has 0 aliphatic rings. The van der Waals surface area contributed by atoms with Crippen molar-refractivity contribution in [2.24, 2.45) is 0 Å². The third-order valence-corrected chi connectivity index (χ3v) is 2.45. The Balaban J connectivity index is 2.13. The van der Waals surface area contributed by atoms with E-state index in [1.807, 2.05) is 12.1 Å². The zero-order valence-electron chi connectivity index (χ0n) is 8.60. The molecule has 0 fully saturated rings. The average Bonchev–Trinajstić information content (AvgIpc) is 2.17. The first kappa shape index (κ1) is 12.1. The third kappa shape index (κ3) is 6.16. The first-order valence-corrected chi connectivity index (χ1v) is 6.51. The second kappa shape index (κ2) is 5.79. The minimum Gasteiger partial charge on any atom is -0.311 e. The topological polar surface area (TPSA) is 71.1 Å². The van der Waals surface area contributed by atoms with Crippen LogP contribution in [0.25, 0.3) is 0 Å². The maximum absolute atomic E-state index is 10.7. The lowest BCUT2D eigenvalue weighted by Gasteiger charge is -2.04. The van der Waals surface area contributed by atoms with Gasteiger partial charge in [0.15, 0.2) is 0 Å². The average molecular weight is 229 g/mol. The summed E-state index contributed by atoms with van der Waals surface area (Å²) in [7, 11) is -3.07. The summed E-state index contributed by atoms with van der Waals surface area (Å²) in [5, 5.41) is 3.11. The predicted octanol–water partition coefficient (Wildman–Crippen LogP) is -0.280. The Hall–Kier alpha value is -0.980. The van der Waals surface area contributed by atoms with E-state index >= 15 is 0 Å². The van der Waals surface area contributed by atoms with Gasteiger partial charge in [0, 0.05) is 32.0 Å². The molecule has 5 nitrogen and oxygen atoms in total. The minimum absolute atomic E-state index is 0.402. The van der Waals surface area contributed by atoms with Crippen molar-refractivity contribution in [2.45, 2.75) is 6.54 Å². The van der Waals surface area contributed by atoms with Crippen molar-refractivity contribution < 1.29 is 8.42 Å². The van der Waals surface area contributed by atoms with Crippen LogP contribution in [0.15, 0.2) is 24.5 Å². The molecule has 0 aliphatic carbocycles. The van der Waals surface area contributed by atoms with Gasteiger partial charge in [0.05, 0.1) is 6.26 Å². The molecular formula is C9H15N3O2S. The molecule has 0 radical (unpaired) electrons. The number of hydrogen-bond donors (Lipinski definition) is 2. The lowest BCUT2D eigenvalue weighted by Crippen LogP contribution is -2.30. The number of nitrogens with zero attached hydrogens (tertiary/aromatic N) is 1. The monoisotopic (exact) mass is 229 g/mol. The summed E-state index contributed by atoms with van der Waals surface area (Å²) in [4.78, 5) is 3.97. The Labute approximate surface area is 90.0 Å². The zero-order chi connectivity index (χ0) is 11.1. The van der Waals surface area contributed by atoms with Gasteiger partial charge in [-0.1, -0.05) is 6.07 Å². The molecule has 1 aromatic heterocycles. The number of aromatic nitrogens is 1. The molecular weight excluding hydrogens is 214 g/mol. The Kier molecular flexibility index (Phi) is 4.67. The maximum atomic E-state index is 10.7. The molecule has 0 unspecified atom stereocenters. The first-order chi connectivity index (χ1) is 7.08. The largest absolute Gasteiger partial charge is 0.311 e. The lowest BCUT2D eigenvalue weighted by atomic mass is 10.3. The molecule has 6 heteroatoms. The van der Waals surface area contributed by atoms with Crippen molar-refractivity contribution in [3.63, 3.8) is 0 Å². The Bertz CT molecular complexity index is 378. The van der Waals surface area contributed by atoms with Crippen LogP contribution >= 0.6 is 0 Å². The molecule has 0 aliphatic heterocycles. The fraction of sp³-hybridized carbons (Fsp3) is 0.444. The van der Waals surface area contributed by atoms with Crippen molar-refractivity contribution in [3.05, 3.63) is 30.1 Å². The molecule has 2 N–H and O–H groups in total. The highest BCUT2D eigenvalue weighted by molar-refractivity contribution is 7.88. The van der Waals surface area contributed by atoms with E-state index in [1.165, 1.54) is 0 Å². The molecule has 0 bridgehead atoms. The van der Waals surface area contributed by atoms with Gasteiger partial charge in [-0.15, -0.1) is 0 Å². The van der Waals surface area contributed by atoms with E-state index in [2.05, 4.69) is 15.0 Å². The van der Waals surface area contributed by atoms with Gasteiger partial charge in [-0.25, -0.2) is 13.1 Å². The normalized spacial score (nSPS) is 11.5. The summed E-state index contributed by atoms with van der Waals surface area (Å²) in [6, 6.07) is 3.83. The second-order valence-corrected chi connectivity index (χ2v) is 5.04. The molecule has 0 spiro atoms. The summed E-state index contributed by atoms with van der Waals surface area (Å²) in [5.74, 6) is 0. The van der Waals surface area contributed by atoms with E-state index in [9.17, 15) is 8.42 Å². The van der Waals surface area contributed by atoms with Gasteiger partial charge < -0.3 is 5.32 Å². The molecule has 84 valence electrons. The van der Waals surface area contributed by atoms with Gasteiger partial charge in [0.1, 0.15) is 0 Å².